The van der Waals surface area contributed by atoms with Crippen LogP contribution in [0.1, 0.15) is 18.5 Å². The average molecular weight is 414 g/mol. The summed E-state index contributed by atoms with van der Waals surface area (Å²) in [5.41, 5.74) is 3.59. The molecule has 0 saturated heterocycles. The lowest BCUT2D eigenvalue weighted by Crippen LogP contribution is -2.45. The number of urea groups is 1. The van der Waals surface area contributed by atoms with E-state index < -0.39 is 18.0 Å². The van der Waals surface area contributed by atoms with Crippen LogP contribution in [0, 0.1) is 5.92 Å². The Morgan fingerprint density at radius 3 is 2.77 bits per heavy atom. The molecule has 3 N–H and O–H groups in total. The summed E-state index contributed by atoms with van der Waals surface area (Å²) in [7, 11) is 0. The van der Waals surface area contributed by atoms with Crippen LogP contribution in [-0.2, 0) is 4.79 Å². The van der Waals surface area contributed by atoms with Crippen molar-refractivity contribution in [3.8, 4) is 5.69 Å². The average Bonchev–Trinajstić information content (AvgIpc) is 3.45. The number of aromatic amines is 1. The van der Waals surface area contributed by atoms with Crippen molar-refractivity contribution in [2.75, 3.05) is 5.32 Å². The highest BCUT2D eigenvalue weighted by molar-refractivity contribution is 6.13. The Balaban J connectivity index is 1.43. The summed E-state index contributed by atoms with van der Waals surface area (Å²) < 4.78 is 1.63. The third-order valence-corrected chi connectivity index (χ3v) is 5.27. The van der Waals surface area contributed by atoms with Crippen LogP contribution in [0.2, 0.25) is 0 Å². The number of hydrogen-bond acceptors (Lipinski definition) is 5. The van der Waals surface area contributed by atoms with E-state index in [-0.39, 0.29) is 5.91 Å². The van der Waals surface area contributed by atoms with E-state index in [1.165, 1.54) is 6.33 Å². The third kappa shape index (κ3) is 3.54. The zero-order valence-electron chi connectivity index (χ0n) is 16.5. The molecule has 0 fully saturated rings. The molecular weight excluding hydrogens is 396 g/mol. The van der Waals surface area contributed by atoms with Gasteiger partial charge in [0.1, 0.15) is 18.6 Å². The van der Waals surface area contributed by atoms with E-state index in [2.05, 4.69) is 35.9 Å². The molecule has 1 aliphatic rings. The standard InChI is InChI=1S/C21H18N8O2/c1-12-18(20(30)26-15-4-7-17-14(8-15)9-23-28-17)19(27-21(31)25-12)13-2-5-16(6-3-13)29-11-22-10-24-29/h2-11,18-19H,1H3,(H,23,28)(H,26,30)(H,27,31). The van der Waals surface area contributed by atoms with Crippen molar-refractivity contribution in [3.63, 3.8) is 0 Å². The van der Waals surface area contributed by atoms with Gasteiger partial charge in [-0.05, 0) is 42.8 Å². The number of benzene rings is 2. The van der Waals surface area contributed by atoms with Crippen LogP contribution in [0.5, 0.6) is 0 Å². The zero-order valence-corrected chi connectivity index (χ0v) is 16.5. The van der Waals surface area contributed by atoms with Crippen molar-refractivity contribution in [2.45, 2.75) is 13.0 Å². The molecule has 154 valence electrons. The number of rotatable bonds is 4. The summed E-state index contributed by atoms with van der Waals surface area (Å²) in [5, 5.41) is 17.6. The molecule has 3 heterocycles. The van der Waals surface area contributed by atoms with E-state index in [0.717, 1.165) is 22.2 Å². The lowest BCUT2D eigenvalue weighted by Gasteiger charge is -2.30. The molecule has 5 rings (SSSR count). The third-order valence-electron chi connectivity index (χ3n) is 5.27. The van der Waals surface area contributed by atoms with Crippen LogP contribution in [0.4, 0.5) is 10.5 Å². The SMILES string of the molecule is CC1=NC(=O)NC(c2ccc(-n3cncn3)cc2)C1C(=O)Nc1ccc2[nH]ncc2c1. The van der Waals surface area contributed by atoms with Gasteiger partial charge in [-0.15, -0.1) is 0 Å². The Kier molecular flexibility index (Phi) is 4.51. The largest absolute Gasteiger partial charge is 0.341 e. The van der Waals surface area contributed by atoms with Crippen LogP contribution >= 0.6 is 0 Å². The molecule has 0 spiro atoms. The Hall–Kier alpha value is -4.34. The first-order chi connectivity index (χ1) is 15.1. The lowest BCUT2D eigenvalue weighted by atomic mass is 9.87. The second kappa shape index (κ2) is 7.48. The molecule has 2 aromatic carbocycles. The fourth-order valence-electron chi connectivity index (χ4n) is 3.75. The molecule has 0 saturated carbocycles. The van der Waals surface area contributed by atoms with Crippen molar-refractivity contribution in [2.24, 2.45) is 10.9 Å². The molecule has 10 nitrogen and oxygen atoms in total. The lowest BCUT2D eigenvalue weighted by molar-refractivity contribution is -0.118. The van der Waals surface area contributed by atoms with E-state index in [9.17, 15) is 9.59 Å². The van der Waals surface area contributed by atoms with Gasteiger partial charge in [0.2, 0.25) is 5.91 Å². The highest BCUT2D eigenvalue weighted by atomic mass is 16.2. The molecule has 10 heteroatoms. The van der Waals surface area contributed by atoms with Gasteiger partial charge in [0.05, 0.1) is 23.4 Å². The van der Waals surface area contributed by atoms with Crippen molar-refractivity contribution in [1.29, 1.82) is 0 Å². The molecule has 0 bridgehead atoms. The molecule has 2 atom stereocenters. The molecule has 4 aromatic rings. The summed E-state index contributed by atoms with van der Waals surface area (Å²) >= 11 is 0. The molecule has 2 unspecified atom stereocenters. The smallest absolute Gasteiger partial charge is 0.328 e. The molecule has 1 aliphatic heterocycles. The maximum atomic E-state index is 13.2. The van der Waals surface area contributed by atoms with Crippen LogP contribution in [0.25, 0.3) is 16.6 Å². The highest BCUT2D eigenvalue weighted by Gasteiger charge is 2.36. The molecule has 0 radical (unpaired) electrons. The van der Waals surface area contributed by atoms with Gasteiger partial charge in [-0.1, -0.05) is 12.1 Å². The van der Waals surface area contributed by atoms with Crippen LogP contribution in [-0.4, -0.2) is 42.6 Å². The van der Waals surface area contributed by atoms with Gasteiger partial charge in [-0.25, -0.2) is 19.5 Å². The number of nitrogens with zero attached hydrogens (tertiary/aromatic N) is 5. The molecule has 31 heavy (non-hydrogen) atoms. The number of anilines is 1. The second-order valence-corrected chi connectivity index (χ2v) is 7.25. The first-order valence-electron chi connectivity index (χ1n) is 9.63. The monoisotopic (exact) mass is 414 g/mol. The summed E-state index contributed by atoms with van der Waals surface area (Å²) in [5.74, 6) is -0.913. The maximum Gasteiger partial charge on any atom is 0.341 e. The van der Waals surface area contributed by atoms with Gasteiger partial charge in [-0.2, -0.15) is 10.2 Å². The van der Waals surface area contributed by atoms with E-state index in [4.69, 9.17) is 0 Å². The number of aromatic nitrogens is 5. The topological polar surface area (TPSA) is 130 Å². The first-order valence-corrected chi connectivity index (χ1v) is 9.63. The van der Waals surface area contributed by atoms with E-state index in [1.54, 1.807) is 30.2 Å². The minimum atomic E-state index is -0.657. The Morgan fingerprint density at radius 1 is 1.16 bits per heavy atom. The quantitative estimate of drug-likeness (QED) is 0.473. The predicted octanol–water partition coefficient (Wildman–Crippen LogP) is 2.62. The Morgan fingerprint density at radius 2 is 2.00 bits per heavy atom. The molecule has 2 aromatic heterocycles. The number of carbonyl (C=O) groups excluding carboxylic acids is 2. The van der Waals surface area contributed by atoms with Crippen molar-refractivity contribution < 1.29 is 9.59 Å². The van der Waals surface area contributed by atoms with E-state index in [0.29, 0.717) is 11.4 Å². The van der Waals surface area contributed by atoms with E-state index in [1.807, 2.05) is 36.4 Å². The molecule has 3 amide bonds. The number of nitrogens with one attached hydrogen (secondary N) is 3. The van der Waals surface area contributed by atoms with Gasteiger partial charge >= 0.3 is 6.03 Å². The summed E-state index contributed by atoms with van der Waals surface area (Å²) in [6.07, 6.45) is 4.75. The minimum Gasteiger partial charge on any atom is -0.328 e. The van der Waals surface area contributed by atoms with Crippen molar-refractivity contribution in [1.82, 2.24) is 30.3 Å². The summed E-state index contributed by atoms with van der Waals surface area (Å²) in [6.45, 7) is 1.69. The summed E-state index contributed by atoms with van der Waals surface area (Å²) in [4.78, 5) is 33.2. The van der Waals surface area contributed by atoms with Crippen LogP contribution in [0.3, 0.4) is 0 Å². The number of hydrogen-bond donors (Lipinski definition) is 3. The van der Waals surface area contributed by atoms with Crippen molar-refractivity contribution >= 4 is 34.2 Å². The Labute approximate surface area is 176 Å². The van der Waals surface area contributed by atoms with Gasteiger partial charge in [0.15, 0.2) is 0 Å². The number of H-pyrrole nitrogens is 1. The minimum absolute atomic E-state index is 0.255. The fraction of sp³-hybridized carbons (Fsp3) is 0.143. The van der Waals surface area contributed by atoms with Gasteiger partial charge in [-0.3, -0.25) is 9.89 Å². The normalized spacial score (nSPS) is 18.5. The molecular formula is C21H18N8O2. The maximum absolute atomic E-state index is 13.2. The highest BCUT2D eigenvalue weighted by Crippen LogP contribution is 2.29. The predicted molar refractivity (Wildman–Crippen MR) is 114 cm³/mol. The summed E-state index contributed by atoms with van der Waals surface area (Å²) in [6, 6.07) is 11.9. The fourth-order valence-corrected chi connectivity index (χ4v) is 3.75. The number of carbonyl (C=O) groups is 2. The number of fused-ring (bicyclic) bond motifs is 1. The van der Waals surface area contributed by atoms with Crippen LogP contribution in [0.15, 0.2) is 66.3 Å². The first kappa shape index (κ1) is 18.7. The molecule has 0 aliphatic carbocycles. The van der Waals surface area contributed by atoms with E-state index >= 15 is 0 Å². The zero-order chi connectivity index (χ0) is 21.4. The van der Waals surface area contributed by atoms with Gasteiger partial charge < -0.3 is 10.6 Å². The number of aliphatic imine (C=N–C) groups is 1. The number of amides is 3. The second-order valence-electron chi connectivity index (χ2n) is 7.25. The van der Waals surface area contributed by atoms with Gasteiger partial charge in [0, 0.05) is 16.8 Å². The van der Waals surface area contributed by atoms with Gasteiger partial charge in [0.25, 0.3) is 0 Å². The Bertz CT molecular complexity index is 1290. The van der Waals surface area contributed by atoms with Crippen molar-refractivity contribution in [3.05, 3.63) is 66.9 Å². The van der Waals surface area contributed by atoms with Crippen LogP contribution < -0.4 is 10.6 Å².